The maximum Gasteiger partial charge on any atom is 0.314 e. The topological polar surface area (TPSA) is 97.4 Å². The number of hydrogen-bond donors (Lipinski definition) is 0. The van der Waals surface area contributed by atoms with Gasteiger partial charge in [-0.25, -0.2) is 0 Å². The van der Waals surface area contributed by atoms with Gasteiger partial charge in [0.2, 0.25) is 13.6 Å². The molecular formula is C36H50O8. The molecule has 0 aliphatic heterocycles. The Bertz CT molecular complexity index is 1280. The molecule has 8 heteroatoms. The highest BCUT2D eigenvalue weighted by atomic mass is 16.7. The van der Waals surface area contributed by atoms with Gasteiger partial charge in [-0.3, -0.25) is 14.4 Å². The van der Waals surface area contributed by atoms with Gasteiger partial charge in [-0.2, -0.15) is 0 Å². The van der Waals surface area contributed by atoms with Crippen LogP contribution in [0.1, 0.15) is 109 Å². The predicted octanol–water partition coefficient (Wildman–Crippen LogP) is 8.13. The van der Waals surface area contributed by atoms with Crippen molar-refractivity contribution in [2.75, 3.05) is 20.2 Å². The van der Waals surface area contributed by atoms with Gasteiger partial charge in [-0.05, 0) is 109 Å². The molecule has 44 heavy (non-hydrogen) atoms. The summed E-state index contributed by atoms with van der Waals surface area (Å²) in [5.41, 5.74) is 1.90. The number of hydrogen-bond acceptors (Lipinski definition) is 8. The van der Waals surface area contributed by atoms with Gasteiger partial charge in [-0.15, -0.1) is 0 Å². The quantitative estimate of drug-likeness (QED) is 0.0813. The van der Waals surface area contributed by atoms with Gasteiger partial charge in [-0.1, -0.05) is 33.6 Å². The van der Waals surface area contributed by atoms with E-state index in [4.69, 9.17) is 23.7 Å². The molecule has 0 aliphatic rings. The Hall–Kier alpha value is -3.81. The molecule has 2 rings (SSSR count). The average molecular weight is 611 g/mol. The molecule has 0 atom stereocenters. The molecule has 0 bridgehead atoms. The fourth-order valence-corrected chi connectivity index (χ4v) is 4.10. The van der Waals surface area contributed by atoms with E-state index >= 15 is 0 Å². The molecule has 0 amide bonds. The molecule has 0 unspecified atom stereocenters. The number of ketones is 1. The van der Waals surface area contributed by atoms with Crippen LogP contribution < -0.4 is 14.2 Å². The van der Waals surface area contributed by atoms with E-state index in [9.17, 15) is 14.4 Å². The molecule has 0 aromatic heterocycles. The fraction of sp³-hybridized carbons (Fsp3) is 0.528. The first-order chi connectivity index (χ1) is 20.7. The summed E-state index contributed by atoms with van der Waals surface area (Å²) in [4.78, 5) is 37.4. The molecule has 242 valence electrons. The van der Waals surface area contributed by atoms with E-state index in [-0.39, 0.29) is 31.3 Å². The van der Waals surface area contributed by atoms with Crippen molar-refractivity contribution in [1.82, 2.24) is 0 Å². The van der Waals surface area contributed by atoms with Gasteiger partial charge in [0.05, 0.1) is 17.4 Å². The molecular weight excluding hydrogens is 560 g/mol. The second-order valence-electron chi connectivity index (χ2n) is 12.7. The van der Waals surface area contributed by atoms with Gasteiger partial charge in [0, 0.05) is 16.7 Å². The lowest BCUT2D eigenvalue weighted by atomic mass is 9.95. The zero-order valence-electron chi connectivity index (χ0n) is 28.0. The standard InChI is InChI=1S/C36H50O8/c1-10-13-26-22-27(17-20-30(37)25-15-18-28(19-16-25)41-23-43-33(38)35(4,5)6)31(40-21-12-3)29(14-11-2)32(26)42-24-44-34(39)36(7,8)9/h15-20,22H,10-14,21,23-24H2,1-9H3/b20-17+. The van der Waals surface area contributed by atoms with E-state index in [0.29, 0.717) is 35.8 Å². The van der Waals surface area contributed by atoms with Crippen LogP contribution in [0.5, 0.6) is 17.2 Å². The number of esters is 2. The smallest absolute Gasteiger partial charge is 0.314 e. The molecule has 2 aromatic carbocycles. The fourth-order valence-electron chi connectivity index (χ4n) is 4.10. The summed E-state index contributed by atoms with van der Waals surface area (Å²) in [5.74, 6) is 0.956. The highest BCUT2D eigenvalue weighted by Gasteiger charge is 2.25. The minimum atomic E-state index is -0.632. The third-order valence-electron chi connectivity index (χ3n) is 6.49. The molecule has 0 N–H and O–H groups in total. The Labute approximate surface area is 263 Å². The minimum Gasteiger partial charge on any atom is -0.493 e. The van der Waals surface area contributed by atoms with Crippen molar-refractivity contribution in [1.29, 1.82) is 0 Å². The molecule has 0 heterocycles. The zero-order chi connectivity index (χ0) is 32.9. The van der Waals surface area contributed by atoms with E-state index < -0.39 is 10.8 Å². The number of ether oxygens (including phenoxy) is 5. The lowest BCUT2D eigenvalue weighted by Crippen LogP contribution is -2.25. The van der Waals surface area contributed by atoms with Crippen molar-refractivity contribution >= 4 is 23.8 Å². The Morgan fingerprint density at radius 2 is 1.27 bits per heavy atom. The van der Waals surface area contributed by atoms with Crippen LogP contribution in [0.15, 0.2) is 36.4 Å². The van der Waals surface area contributed by atoms with Gasteiger partial charge in [0.15, 0.2) is 5.78 Å². The summed E-state index contributed by atoms with van der Waals surface area (Å²) in [6, 6.07) is 8.66. The maximum absolute atomic E-state index is 13.1. The molecule has 2 aromatic rings. The Morgan fingerprint density at radius 3 is 1.80 bits per heavy atom. The minimum absolute atomic E-state index is 0.180. The number of rotatable bonds is 16. The van der Waals surface area contributed by atoms with Crippen LogP contribution in [0.25, 0.3) is 6.08 Å². The number of benzene rings is 2. The van der Waals surface area contributed by atoms with Crippen LogP contribution >= 0.6 is 0 Å². The van der Waals surface area contributed by atoms with E-state index in [2.05, 4.69) is 13.8 Å². The van der Waals surface area contributed by atoms with Crippen LogP contribution in [0.2, 0.25) is 0 Å². The second kappa shape index (κ2) is 16.9. The van der Waals surface area contributed by atoms with Crippen LogP contribution in [-0.4, -0.2) is 37.9 Å². The van der Waals surface area contributed by atoms with Crippen LogP contribution in [0, 0.1) is 10.8 Å². The van der Waals surface area contributed by atoms with Gasteiger partial charge >= 0.3 is 11.9 Å². The molecule has 0 saturated carbocycles. The number of aryl methyl sites for hydroxylation is 1. The highest BCUT2D eigenvalue weighted by molar-refractivity contribution is 6.07. The van der Waals surface area contributed by atoms with E-state index in [1.807, 2.05) is 13.0 Å². The lowest BCUT2D eigenvalue weighted by Gasteiger charge is -2.22. The predicted molar refractivity (Wildman–Crippen MR) is 172 cm³/mol. The van der Waals surface area contributed by atoms with Crippen molar-refractivity contribution in [3.8, 4) is 17.2 Å². The monoisotopic (exact) mass is 610 g/mol. The third kappa shape index (κ3) is 11.0. The first-order valence-electron chi connectivity index (χ1n) is 15.5. The maximum atomic E-state index is 13.1. The molecule has 0 aliphatic carbocycles. The molecule has 0 radical (unpaired) electrons. The zero-order valence-corrected chi connectivity index (χ0v) is 28.0. The number of carbonyl (C=O) groups is 3. The van der Waals surface area contributed by atoms with E-state index in [1.165, 1.54) is 6.08 Å². The SMILES string of the molecule is CCCOc1c(/C=C/C(=O)c2ccc(OCOC(=O)C(C)(C)C)cc2)cc(CCC)c(OCOC(=O)C(C)(C)C)c1CCC. The Balaban J connectivity index is 2.33. The normalized spacial score (nSPS) is 11.8. The summed E-state index contributed by atoms with van der Waals surface area (Å²) < 4.78 is 28.4. The van der Waals surface area contributed by atoms with E-state index in [0.717, 1.165) is 42.4 Å². The molecule has 0 spiro atoms. The number of carbonyl (C=O) groups excluding carboxylic acids is 3. The van der Waals surface area contributed by atoms with Crippen molar-refractivity contribution in [2.24, 2.45) is 10.8 Å². The highest BCUT2D eigenvalue weighted by Crippen LogP contribution is 2.39. The molecule has 0 fully saturated rings. The van der Waals surface area contributed by atoms with Crippen molar-refractivity contribution in [2.45, 2.75) is 94.4 Å². The van der Waals surface area contributed by atoms with Gasteiger partial charge < -0.3 is 23.7 Å². The van der Waals surface area contributed by atoms with Crippen LogP contribution in [0.4, 0.5) is 0 Å². The Kier molecular flexibility index (Phi) is 14.0. The van der Waals surface area contributed by atoms with E-state index in [1.54, 1.807) is 71.9 Å². The first-order valence-corrected chi connectivity index (χ1v) is 15.5. The second-order valence-corrected chi connectivity index (χ2v) is 12.7. The molecule has 0 saturated heterocycles. The lowest BCUT2D eigenvalue weighted by molar-refractivity contribution is -0.160. The van der Waals surface area contributed by atoms with Crippen molar-refractivity contribution in [3.63, 3.8) is 0 Å². The summed E-state index contributed by atoms with van der Waals surface area (Å²) in [6.07, 6.45) is 7.30. The Morgan fingerprint density at radius 1 is 0.705 bits per heavy atom. The van der Waals surface area contributed by atoms with Gasteiger partial charge in [0.1, 0.15) is 17.2 Å². The largest absolute Gasteiger partial charge is 0.493 e. The third-order valence-corrected chi connectivity index (χ3v) is 6.49. The van der Waals surface area contributed by atoms with Crippen molar-refractivity contribution in [3.05, 3.63) is 58.7 Å². The molecule has 8 nitrogen and oxygen atoms in total. The van der Waals surface area contributed by atoms with Gasteiger partial charge in [0.25, 0.3) is 0 Å². The summed E-state index contributed by atoms with van der Waals surface area (Å²) >= 11 is 0. The van der Waals surface area contributed by atoms with Crippen LogP contribution in [0.3, 0.4) is 0 Å². The number of allylic oxidation sites excluding steroid dienone is 1. The summed E-state index contributed by atoms with van der Waals surface area (Å²) in [7, 11) is 0. The average Bonchev–Trinajstić information content (AvgIpc) is 2.96. The summed E-state index contributed by atoms with van der Waals surface area (Å²) in [6.45, 7) is 17.0. The summed E-state index contributed by atoms with van der Waals surface area (Å²) in [5, 5.41) is 0. The van der Waals surface area contributed by atoms with Crippen LogP contribution in [-0.2, 0) is 31.9 Å². The first kappa shape index (κ1) is 36.4. The van der Waals surface area contributed by atoms with Crippen molar-refractivity contribution < 1.29 is 38.1 Å².